The van der Waals surface area contributed by atoms with Crippen molar-refractivity contribution < 1.29 is 4.42 Å². The molecule has 1 aliphatic rings. The Morgan fingerprint density at radius 1 is 0.615 bits per heavy atom. The van der Waals surface area contributed by atoms with Crippen LogP contribution in [-0.2, 0) is 5.41 Å². The third-order valence-corrected chi connectivity index (χ3v) is 8.08. The summed E-state index contributed by atoms with van der Waals surface area (Å²) in [5.41, 5.74) is 13.9. The quantitative estimate of drug-likeness (QED) is 0.238. The number of nitrogens with zero attached hydrogens (tertiary/aromatic N) is 2. The van der Waals surface area contributed by atoms with Crippen molar-refractivity contribution in [3.8, 4) is 22.6 Å². The summed E-state index contributed by atoms with van der Waals surface area (Å²) in [5, 5.41) is 0. The van der Waals surface area contributed by atoms with Crippen molar-refractivity contribution >= 4 is 28.2 Å². The van der Waals surface area contributed by atoms with Crippen molar-refractivity contribution in [1.29, 1.82) is 0 Å². The minimum absolute atomic E-state index is 0.183. The molecule has 0 atom stereocenters. The number of para-hydroxylation sites is 4. The van der Waals surface area contributed by atoms with Gasteiger partial charge in [-0.15, -0.1) is 0 Å². The molecule has 1 aromatic heterocycles. The molecule has 39 heavy (non-hydrogen) atoms. The highest BCUT2D eigenvalue weighted by Gasteiger charge is 2.38. The molecule has 0 spiro atoms. The SMILES string of the molecule is Cc1cc(-c2nc3ccccc3o2)cc2c1-c1c(C)cc(N(c3ccccc3)c3ccccc3)cc1C2(C)C. The zero-order valence-electron chi connectivity index (χ0n) is 22.7. The Labute approximate surface area is 229 Å². The summed E-state index contributed by atoms with van der Waals surface area (Å²) in [4.78, 5) is 7.15. The number of aromatic nitrogens is 1. The second-order valence-corrected chi connectivity index (χ2v) is 11.0. The van der Waals surface area contributed by atoms with Crippen molar-refractivity contribution in [3.05, 3.63) is 131 Å². The van der Waals surface area contributed by atoms with Crippen LogP contribution in [0.1, 0.15) is 36.1 Å². The molecular weight excluding hydrogens is 476 g/mol. The second kappa shape index (κ2) is 8.71. The van der Waals surface area contributed by atoms with Crippen LogP contribution in [0.2, 0.25) is 0 Å². The highest BCUT2D eigenvalue weighted by Crippen LogP contribution is 2.54. The molecule has 1 aliphatic carbocycles. The molecule has 3 heteroatoms. The average Bonchev–Trinajstić information content (AvgIpc) is 3.48. The molecule has 0 amide bonds. The Hall–Kier alpha value is -4.63. The molecule has 3 nitrogen and oxygen atoms in total. The highest BCUT2D eigenvalue weighted by molar-refractivity contribution is 5.90. The van der Waals surface area contributed by atoms with Gasteiger partial charge in [0.15, 0.2) is 5.58 Å². The van der Waals surface area contributed by atoms with Crippen LogP contribution in [0.25, 0.3) is 33.7 Å². The predicted molar refractivity (Wildman–Crippen MR) is 161 cm³/mol. The van der Waals surface area contributed by atoms with Crippen molar-refractivity contribution in [2.75, 3.05) is 4.90 Å². The van der Waals surface area contributed by atoms with E-state index in [1.54, 1.807) is 0 Å². The average molecular weight is 507 g/mol. The number of aryl methyl sites for hydroxylation is 2. The van der Waals surface area contributed by atoms with Gasteiger partial charge in [-0.3, -0.25) is 0 Å². The van der Waals surface area contributed by atoms with Crippen LogP contribution < -0.4 is 4.90 Å². The fraction of sp³-hybridized carbons (Fsp3) is 0.139. The molecular formula is C36H30N2O. The van der Waals surface area contributed by atoms with Crippen molar-refractivity contribution in [1.82, 2.24) is 4.98 Å². The van der Waals surface area contributed by atoms with Crippen LogP contribution in [-0.4, -0.2) is 4.98 Å². The van der Waals surface area contributed by atoms with Crippen LogP contribution >= 0.6 is 0 Å². The van der Waals surface area contributed by atoms with Gasteiger partial charge in [0.25, 0.3) is 0 Å². The first-order chi connectivity index (χ1) is 18.9. The van der Waals surface area contributed by atoms with Gasteiger partial charge in [-0.25, -0.2) is 4.98 Å². The molecule has 7 rings (SSSR count). The lowest BCUT2D eigenvalue weighted by atomic mass is 9.81. The summed E-state index contributed by atoms with van der Waals surface area (Å²) >= 11 is 0. The molecule has 6 aromatic rings. The highest BCUT2D eigenvalue weighted by atomic mass is 16.3. The van der Waals surface area contributed by atoms with Crippen LogP contribution in [0.15, 0.2) is 114 Å². The van der Waals surface area contributed by atoms with Crippen LogP contribution in [0.4, 0.5) is 17.1 Å². The molecule has 0 fully saturated rings. The first-order valence-electron chi connectivity index (χ1n) is 13.5. The van der Waals surface area contributed by atoms with Gasteiger partial charge in [-0.05, 0) is 108 Å². The van der Waals surface area contributed by atoms with Crippen molar-refractivity contribution in [3.63, 3.8) is 0 Å². The largest absolute Gasteiger partial charge is 0.436 e. The van der Waals surface area contributed by atoms with E-state index < -0.39 is 0 Å². The van der Waals surface area contributed by atoms with Gasteiger partial charge in [0.05, 0.1) is 0 Å². The van der Waals surface area contributed by atoms with Crippen molar-refractivity contribution in [2.24, 2.45) is 0 Å². The maximum atomic E-state index is 6.17. The zero-order chi connectivity index (χ0) is 26.7. The Balaban J connectivity index is 1.40. The van der Waals surface area contributed by atoms with Gasteiger partial charge < -0.3 is 9.32 Å². The lowest BCUT2D eigenvalue weighted by molar-refractivity contribution is 0.618. The van der Waals surface area contributed by atoms with Crippen LogP contribution in [0, 0.1) is 13.8 Å². The number of fused-ring (bicyclic) bond motifs is 4. The van der Waals surface area contributed by atoms with E-state index in [1.165, 1.54) is 39.1 Å². The molecule has 0 saturated carbocycles. The van der Waals surface area contributed by atoms with E-state index >= 15 is 0 Å². The summed E-state index contributed by atoms with van der Waals surface area (Å²) in [6.45, 7) is 9.14. The monoisotopic (exact) mass is 506 g/mol. The third-order valence-electron chi connectivity index (χ3n) is 8.08. The lowest BCUT2D eigenvalue weighted by Gasteiger charge is -2.28. The molecule has 0 aliphatic heterocycles. The Morgan fingerprint density at radius 2 is 1.18 bits per heavy atom. The normalized spacial score (nSPS) is 13.3. The van der Waals surface area contributed by atoms with Gasteiger partial charge in [-0.2, -0.15) is 0 Å². The molecule has 0 N–H and O–H groups in total. The van der Waals surface area contributed by atoms with E-state index in [2.05, 4.69) is 118 Å². The Bertz CT molecular complexity index is 1780. The summed E-state index contributed by atoms with van der Waals surface area (Å²) in [5.74, 6) is 0.672. The summed E-state index contributed by atoms with van der Waals surface area (Å²) in [7, 11) is 0. The van der Waals surface area contributed by atoms with Gasteiger partial charge in [0.2, 0.25) is 5.89 Å². The number of rotatable bonds is 4. The summed E-state index contributed by atoms with van der Waals surface area (Å²) in [6.07, 6.45) is 0. The van der Waals surface area contributed by atoms with Crippen molar-refractivity contribution in [2.45, 2.75) is 33.1 Å². The molecule has 1 heterocycles. The molecule has 5 aromatic carbocycles. The second-order valence-electron chi connectivity index (χ2n) is 11.0. The number of oxazole rings is 1. The van der Waals surface area contributed by atoms with Gasteiger partial charge in [0.1, 0.15) is 5.52 Å². The first kappa shape index (κ1) is 23.5. The number of anilines is 3. The molecule has 0 saturated heterocycles. The van der Waals surface area contributed by atoms with E-state index in [0.29, 0.717) is 5.89 Å². The Morgan fingerprint density at radius 3 is 1.82 bits per heavy atom. The Kier molecular flexibility index (Phi) is 5.24. The van der Waals surface area contributed by atoms with Gasteiger partial charge in [0, 0.05) is 28.0 Å². The van der Waals surface area contributed by atoms with E-state index in [9.17, 15) is 0 Å². The smallest absolute Gasteiger partial charge is 0.227 e. The predicted octanol–water partition coefficient (Wildman–Crippen LogP) is 9.89. The lowest BCUT2D eigenvalue weighted by Crippen LogP contribution is -2.17. The van der Waals surface area contributed by atoms with E-state index in [-0.39, 0.29) is 5.41 Å². The molecule has 0 bridgehead atoms. The first-order valence-corrected chi connectivity index (χ1v) is 13.5. The summed E-state index contributed by atoms with van der Waals surface area (Å²) in [6, 6.07) is 38.4. The number of hydrogen-bond donors (Lipinski definition) is 0. The fourth-order valence-corrected chi connectivity index (χ4v) is 6.20. The number of benzene rings is 5. The molecule has 0 radical (unpaired) electrons. The summed E-state index contributed by atoms with van der Waals surface area (Å²) < 4.78 is 6.17. The molecule has 0 unspecified atom stereocenters. The topological polar surface area (TPSA) is 29.3 Å². The van der Waals surface area contributed by atoms with Crippen LogP contribution in [0.5, 0.6) is 0 Å². The maximum Gasteiger partial charge on any atom is 0.227 e. The van der Waals surface area contributed by atoms with E-state index in [0.717, 1.165) is 28.0 Å². The standard InChI is InChI=1S/C36H30N2O/c1-23-19-25(35-37-31-17-11-12-18-32(31)39-35)21-29-33(23)34-24(2)20-28(22-30(34)36(29,3)4)38(26-13-7-5-8-14-26)27-15-9-6-10-16-27/h5-22H,1-4H3. The minimum Gasteiger partial charge on any atom is -0.436 e. The third kappa shape index (κ3) is 3.69. The zero-order valence-corrected chi connectivity index (χ0v) is 22.7. The number of hydrogen-bond acceptors (Lipinski definition) is 3. The van der Waals surface area contributed by atoms with Gasteiger partial charge >= 0.3 is 0 Å². The fourth-order valence-electron chi connectivity index (χ4n) is 6.20. The van der Waals surface area contributed by atoms with Crippen LogP contribution in [0.3, 0.4) is 0 Å². The van der Waals surface area contributed by atoms with E-state index in [1.807, 2.05) is 24.3 Å². The maximum absolute atomic E-state index is 6.17. The van der Waals surface area contributed by atoms with Gasteiger partial charge in [-0.1, -0.05) is 62.4 Å². The minimum atomic E-state index is -0.183. The van der Waals surface area contributed by atoms with E-state index in [4.69, 9.17) is 9.40 Å². The molecule has 190 valence electrons.